The third-order valence-electron chi connectivity index (χ3n) is 5.82. The number of ether oxygens (including phenoxy) is 1. The van der Waals surface area contributed by atoms with Gasteiger partial charge in [0.2, 0.25) is 0 Å². The van der Waals surface area contributed by atoms with Crippen LogP contribution in [0.15, 0.2) is 12.4 Å². The van der Waals surface area contributed by atoms with Gasteiger partial charge in [-0.3, -0.25) is 4.79 Å². The average molecular weight is 367 g/mol. The number of hydrogen-bond donors (Lipinski definition) is 3. The molecule has 2 heterocycles. The van der Waals surface area contributed by atoms with Crippen LogP contribution in [0.2, 0.25) is 0 Å². The lowest BCUT2D eigenvalue weighted by Crippen LogP contribution is -2.41. The van der Waals surface area contributed by atoms with Crippen molar-refractivity contribution in [1.29, 1.82) is 0 Å². The first-order valence-electron chi connectivity index (χ1n) is 9.35. The molecule has 1 aliphatic heterocycles. The smallest absolute Gasteiger partial charge is 0.252 e. The van der Waals surface area contributed by atoms with Gasteiger partial charge < -0.3 is 21.1 Å². The second-order valence-corrected chi connectivity index (χ2v) is 7.48. The molecule has 0 bridgehead atoms. The molecule has 2 aliphatic rings. The highest BCUT2D eigenvalue weighted by Crippen LogP contribution is 2.50. The SMILES string of the molecule is COc1c(Nc2ncnc(N)c2C)cc(C)c2c1C1(CCCCC1)NC2=O. The number of aromatic nitrogens is 2. The van der Waals surface area contributed by atoms with E-state index in [1.54, 1.807) is 7.11 Å². The number of hydrogen-bond acceptors (Lipinski definition) is 6. The van der Waals surface area contributed by atoms with Crippen molar-refractivity contribution in [2.45, 2.75) is 51.5 Å². The predicted molar refractivity (Wildman–Crippen MR) is 104 cm³/mol. The summed E-state index contributed by atoms with van der Waals surface area (Å²) in [5.74, 6) is 1.77. The monoisotopic (exact) mass is 367 g/mol. The minimum absolute atomic E-state index is 0.00305. The summed E-state index contributed by atoms with van der Waals surface area (Å²) in [6.45, 7) is 3.84. The lowest BCUT2D eigenvalue weighted by Gasteiger charge is -2.35. The number of anilines is 3. The van der Waals surface area contributed by atoms with Crippen LogP contribution < -0.4 is 21.1 Å². The van der Waals surface area contributed by atoms with Crippen molar-refractivity contribution in [2.24, 2.45) is 0 Å². The Hall–Kier alpha value is -2.83. The molecule has 1 amide bonds. The van der Waals surface area contributed by atoms with E-state index in [1.165, 1.54) is 12.7 Å². The van der Waals surface area contributed by atoms with Crippen LogP contribution in [0.5, 0.6) is 5.75 Å². The third-order valence-corrected chi connectivity index (χ3v) is 5.82. The summed E-state index contributed by atoms with van der Waals surface area (Å²) in [5.41, 5.74) is 9.80. The Morgan fingerprint density at radius 1 is 1.22 bits per heavy atom. The first-order chi connectivity index (χ1) is 13.0. The molecular weight excluding hydrogens is 342 g/mol. The van der Waals surface area contributed by atoms with Crippen LogP contribution in [0.3, 0.4) is 0 Å². The van der Waals surface area contributed by atoms with E-state index in [1.807, 2.05) is 19.9 Å². The van der Waals surface area contributed by atoms with Crippen LogP contribution in [-0.2, 0) is 5.54 Å². The molecule has 2 aromatic rings. The largest absolute Gasteiger partial charge is 0.494 e. The van der Waals surface area contributed by atoms with Crippen LogP contribution in [-0.4, -0.2) is 23.0 Å². The summed E-state index contributed by atoms with van der Waals surface area (Å²) in [7, 11) is 1.65. The zero-order valence-corrected chi connectivity index (χ0v) is 16.0. The van der Waals surface area contributed by atoms with Gasteiger partial charge in [-0.1, -0.05) is 19.3 Å². The number of carbonyl (C=O) groups excluding carboxylic acids is 1. The quantitative estimate of drug-likeness (QED) is 0.769. The summed E-state index contributed by atoms with van der Waals surface area (Å²) in [5, 5.41) is 6.61. The van der Waals surface area contributed by atoms with E-state index in [0.29, 0.717) is 17.4 Å². The number of methoxy groups -OCH3 is 1. The van der Waals surface area contributed by atoms with E-state index in [4.69, 9.17) is 10.5 Å². The Morgan fingerprint density at radius 3 is 2.67 bits per heavy atom. The Bertz CT molecular complexity index is 919. The number of benzene rings is 1. The predicted octanol–water partition coefficient (Wildman–Crippen LogP) is 3.33. The normalized spacial score (nSPS) is 17.5. The van der Waals surface area contributed by atoms with Crippen molar-refractivity contribution < 1.29 is 9.53 Å². The molecule has 1 aliphatic carbocycles. The Morgan fingerprint density at radius 2 is 1.96 bits per heavy atom. The molecule has 0 unspecified atom stereocenters. The maximum Gasteiger partial charge on any atom is 0.252 e. The molecule has 7 heteroatoms. The molecule has 1 saturated carbocycles. The lowest BCUT2D eigenvalue weighted by atomic mass is 9.76. The molecule has 7 nitrogen and oxygen atoms in total. The van der Waals surface area contributed by atoms with Crippen LogP contribution in [0.4, 0.5) is 17.3 Å². The van der Waals surface area contributed by atoms with Crippen LogP contribution in [0, 0.1) is 13.8 Å². The molecule has 0 saturated heterocycles. The van der Waals surface area contributed by atoms with Crippen molar-refractivity contribution in [3.8, 4) is 5.75 Å². The summed E-state index contributed by atoms with van der Waals surface area (Å²) in [4.78, 5) is 21.1. The highest BCUT2D eigenvalue weighted by molar-refractivity contribution is 6.03. The summed E-state index contributed by atoms with van der Waals surface area (Å²) < 4.78 is 5.83. The van der Waals surface area contributed by atoms with Gasteiger partial charge in [0.1, 0.15) is 23.7 Å². The molecule has 1 aromatic heterocycles. The van der Waals surface area contributed by atoms with Gasteiger partial charge in [-0.2, -0.15) is 0 Å². The van der Waals surface area contributed by atoms with E-state index in [0.717, 1.165) is 53.6 Å². The first-order valence-corrected chi connectivity index (χ1v) is 9.35. The van der Waals surface area contributed by atoms with Crippen LogP contribution >= 0.6 is 0 Å². The highest BCUT2D eigenvalue weighted by atomic mass is 16.5. The molecule has 1 aromatic carbocycles. The van der Waals surface area contributed by atoms with Gasteiger partial charge in [0.25, 0.3) is 5.91 Å². The van der Waals surface area contributed by atoms with Gasteiger partial charge in [-0.15, -0.1) is 0 Å². The number of nitrogen functional groups attached to an aromatic ring is 1. The van der Waals surface area contributed by atoms with Gasteiger partial charge in [0, 0.05) is 11.1 Å². The van der Waals surface area contributed by atoms with E-state index in [9.17, 15) is 4.79 Å². The number of aryl methyl sites for hydroxylation is 1. The number of nitrogens with one attached hydrogen (secondary N) is 2. The lowest BCUT2D eigenvalue weighted by molar-refractivity contribution is 0.0908. The molecule has 142 valence electrons. The molecule has 1 spiro atoms. The van der Waals surface area contributed by atoms with E-state index >= 15 is 0 Å². The van der Waals surface area contributed by atoms with Crippen LogP contribution in [0.25, 0.3) is 0 Å². The maximum atomic E-state index is 12.8. The Labute approximate surface area is 158 Å². The molecule has 27 heavy (non-hydrogen) atoms. The third kappa shape index (κ3) is 2.69. The van der Waals surface area contributed by atoms with Crippen molar-refractivity contribution in [3.63, 3.8) is 0 Å². The number of fused-ring (bicyclic) bond motifs is 2. The number of nitrogens with zero attached hydrogens (tertiary/aromatic N) is 2. The maximum absolute atomic E-state index is 12.8. The molecular formula is C20H25N5O2. The van der Waals surface area contributed by atoms with Gasteiger partial charge in [-0.05, 0) is 38.3 Å². The Balaban J connectivity index is 1.88. The minimum atomic E-state index is -0.335. The van der Waals surface area contributed by atoms with Gasteiger partial charge in [-0.25, -0.2) is 9.97 Å². The summed E-state index contributed by atoms with van der Waals surface area (Å²) in [6.07, 6.45) is 6.70. The fraction of sp³-hybridized carbons (Fsp3) is 0.450. The number of nitrogens with two attached hydrogens (primary N) is 1. The van der Waals surface area contributed by atoms with E-state index in [-0.39, 0.29) is 11.4 Å². The highest BCUT2D eigenvalue weighted by Gasteiger charge is 2.47. The van der Waals surface area contributed by atoms with Gasteiger partial charge in [0.05, 0.1) is 23.9 Å². The second kappa shape index (κ2) is 6.40. The average Bonchev–Trinajstić information content (AvgIpc) is 2.92. The van der Waals surface area contributed by atoms with E-state index in [2.05, 4.69) is 20.6 Å². The van der Waals surface area contributed by atoms with Gasteiger partial charge in [0.15, 0.2) is 0 Å². The zero-order chi connectivity index (χ0) is 19.2. The van der Waals surface area contributed by atoms with Gasteiger partial charge >= 0.3 is 0 Å². The molecule has 0 atom stereocenters. The zero-order valence-electron chi connectivity index (χ0n) is 16.0. The fourth-order valence-electron chi connectivity index (χ4n) is 4.44. The van der Waals surface area contributed by atoms with Crippen molar-refractivity contribution >= 4 is 23.2 Å². The standard InChI is InChI=1S/C20H25N5O2/c1-11-9-13(24-18-12(2)17(21)22-10-23-18)16(27-3)15-14(11)19(26)25-20(15)7-5-4-6-8-20/h9-10H,4-8H2,1-3H3,(H,25,26)(H3,21,22,23,24). The molecule has 4 N–H and O–H groups in total. The topological polar surface area (TPSA) is 102 Å². The minimum Gasteiger partial charge on any atom is -0.494 e. The van der Waals surface area contributed by atoms with Crippen molar-refractivity contribution in [3.05, 3.63) is 34.6 Å². The second-order valence-electron chi connectivity index (χ2n) is 7.48. The molecule has 4 rings (SSSR count). The van der Waals surface area contributed by atoms with Crippen LogP contribution in [0.1, 0.15) is 59.2 Å². The number of amides is 1. The summed E-state index contributed by atoms with van der Waals surface area (Å²) >= 11 is 0. The fourth-order valence-corrected chi connectivity index (χ4v) is 4.44. The molecule has 0 radical (unpaired) electrons. The number of rotatable bonds is 3. The number of carbonyl (C=O) groups is 1. The molecule has 1 fully saturated rings. The van der Waals surface area contributed by atoms with E-state index < -0.39 is 0 Å². The summed E-state index contributed by atoms with van der Waals surface area (Å²) in [6, 6.07) is 1.94. The van der Waals surface area contributed by atoms with Crippen molar-refractivity contribution in [1.82, 2.24) is 15.3 Å². The first kappa shape index (κ1) is 17.6. The van der Waals surface area contributed by atoms with Crippen molar-refractivity contribution in [2.75, 3.05) is 18.2 Å². The Kier molecular flexibility index (Phi) is 4.17.